The van der Waals surface area contributed by atoms with Crippen molar-refractivity contribution in [2.45, 2.75) is 32.2 Å². The third-order valence-corrected chi connectivity index (χ3v) is 4.50. The van der Waals surface area contributed by atoms with Crippen LogP contribution in [0.25, 0.3) is 6.08 Å². The van der Waals surface area contributed by atoms with E-state index >= 15 is 0 Å². The average Bonchev–Trinajstić information content (AvgIpc) is 2.92. The third kappa shape index (κ3) is 3.33. The van der Waals surface area contributed by atoms with Crippen LogP contribution in [0.3, 0.4) is 0 Å². The lowest BCUT2D eigenvalue weighted by atomic mass is 9.88. The molecular formula is C19H18N2O4. The van der Waals surface area contributed by atoms with Crippen molar-refractivity contribution in [1.82, 2.24) is 5.06 Å². The molecule has 1 aromatic carbocycles. The van der Waals surface area contributed by atoms with E-state index in [1.165, 1.54) is 27.3 Å². The number of ether oxygens (including phenoxy) is 1. The van der Waals surface area contributed by atoms with Gasteiger partial charge >= 0.3 is 18.0 Å². The van der Waals surface area contributed by atoms with E-state index in [1.54, 1.807) is 0 Å². The Hall–Kier alpha value is -2.89. The van der Waals surface area contributed by atoms with Crippen molar-refractivity contribution in [2.24, 2.45) is 4.99 Å². The summed E-state index contributed by atoms with van der Waals surface area (Å²) in [5.74, 6) is -1.23. The Labute approximate surface area is 145 Å². The molecule has 1 aliphatic carbocycles. The fourth-order valence-corrected chi connectivity index (χ4v) is 3.32. The zero-order chi connectivity index (χ0) is 17.4. The van der Waals surface area contributed by atoms with Gasteiger partial charge in [-0.15, -0.1) is 0 Å². The van der Waals surface area contributed by atoms with Crippen LogP contribution in [0.4, 0.5) is 0 Å². The first-order chi connectivity index (χ1) is 12.1. The molecule has 0 saturated heterocycles. The maximum absolute atomic E-state index is 11.6. The lowest BCUT2D eigenvalue weighted by molar-refractivity contribution is -0.171. The van der Waals surface area contributed by atoms with Gasteiger partial charge in [-0.3, -0.25) is 0 Å². The second-order valence-electron chi connectivity index (χ2n) is 6.50. The Balaban J connectivity index is 1.50. The molecule has 0 bridgehead atoms. The van der Waals surface area contributed by atoms with Crippen LogP contribution in [0.15, 0.2) is 40.9 Å². The molecule has 0 aromatic heterocycles. The molecular weight excluding hydrogens is 320 g/mol. The topological polar surface area (TPSA) is 68.2 Å². The summed E-state index contributed by atoms with van der Waals surface area (Å²) in [7, 11) is 0. The fraction of sp³-hybridized carbons (Fsp3) is 0.316. The molecule has 2 heterocycles. The van der Waals surface area contributed by atoms with Crippen LogP contribution < -0.4 is 0 Å². The van der Waals surface area contributed by atoms with Crippen LogP contribution >= 0.6 is 0 Å². The molecule has 3 aliphatic rings. The minimum Gasteiger partial charge on any atom is -0.387 e. The van der Waals surface area contributed by atoms with Crippen molar-refractivity contribution in [3.05, 3.63) is 52.6 Å². The van der Waals surface area contributed by atoms with Crippen molar-refractivity contribution in [3.8, 4) is 0 Å². The van der Waals surface area contributed by atoms with Crippen molar-refractivity contribution < 1.29 is 19.2 Å². The van der Waals surface area contributed by atoms with Gasteiger partial charge in [-0.05, 0) is 37.3 Å². The van der Waals surface area contributed by atoms with Crippen LogP contribution in [0.2, 0.25) is 0 Å². The zero-order valence-electron chi connectivity index (χ0n) is 13.9. The molecule has 0 amide bonds. The Kier molecular flexibility index (Phi) is 3.87. The van der Waals surface area contributed by atoms with E-state index in [9.17, 15) is 9.59 Å². The van der Waals surface area contributed by atoms with Crippen molar-refractivity contribution in [1.29, 1.82) is 0 Å². The summed E-state index contributed by atoms with van der Waals surface area (Å²) in [6.45, 7) is 2.48. The summed E-state index contributed by atoms with van der Waals surface area (Å²) in [5.41, 5.74) is 5.18. The Bertz CT molecular complexity index is 838. The van der Waals surface area contributed by atoms with Gasteiger partial charge in [0.05, 0.1) is 12.6 Å². The molecule has 6 heteroatoms. The first kappa shape index (κ1) is 15.6. The standard InChI is InChI=1S/C19H18N2O4/c1-12-2-4-14-5-3-13(9-15(14)8-12)10-16-11-21-19(20-16)24-17(22)6-7-18(23)25-21/h2,4,6-9,16H,3,5,10-11H2,1H3/b7-6+. The van der Waals surface area contributed by atoms with Crippen LogP contribution in [0.1, 0.15) is 29.5 Å². The number of hydrogen-bond donors (Lipinski definition) is 0. The third-order valence-electron chi connectivity index (χ3n) is 4.50. The van der Waals surface area contributed by atoms with Gasteiger partial charge in [-0.1, -0.05) is 35.4 Å². The van der Waals surface area contributed by atoms with E-state index in [4.69, 9.17) is 9.57 Å². The first-order valence-corrected chi connectivity index (χ1v) is 8.33. The van der Waals surface area contributed by atoms with E-state index in [0.29, 0.717) is 6.54 Å². The van der Waals surface area contributed by atoms with E-state index < -0.39 is 11.9 Å². The molecule has 1 atom stereocenters. The number of hydroxylamine groups is 2. The van der Waals surface area contributed by atoms with Crippen molar-refractivity contribution in [2.75, 3.05) is 6.54 Å². The molecule has 0 saturated carbocycles. The number of hydrogen-bond acceptors (Lipinski definition) is 6. The van der Waals surface area contributed by atoms with Gasteiger partial charge in [0, 0.05) is 12.2 Å². The van der Waals surface area contributed by atoms with Crippen LogP contribution in [-0.4, -0.2) is 35.6 Å². The highest BCUT2D eigenvalue weighted by Crippen LogP contribution is 2.29. The SMILES string of the molecule is Cc1ccc2c(c1)C=C(CC1CN3OC(=O)/C=C/C(=O)OC3=N1)CC2. The van der Waals surface area contributed by atoms with Gasteiger partial charge in [0.1, 0.15) is 0 Å². The maximum Gasteiger partial charge on any atom is 0.356 e. The van der Waals surface area contributed by atoms with Crippen LogP contribution in [0, 0.1) is 6.92 Å². The predicted octanol–water partition coefficient (Wildman–Crippen LogP) is 2.33. The lowest BCUT2D eigenvalue weighted by Gasteiger charge is -2.20. The van der Waals surface area contributed by atoms with Gasteiger partial charge in [0.2, 0.25) is 0 Å². The Morgan fingerprint density at radius 2 is 2.04 bits per heavy atom. The first-order valence-electron chi connectivity index (χ1n) is 8.33. The normalized spacial score (nSPS) is 23.4. The summed E-state index contributed by atoms with van der Waals surface area (Å²) in [4.78, 5) is 32.7. The Morgan fingerprint density at radius 3 is 2.92 bits per heavy atom. The second-order valence-corrected chi connectivity index (χ2v) is 6.50. The van der Waals surface area contributed by atoms with E-state index in [1.807, 2.05) is 0 Å². The Morgan fingerprint density at radius 1 is 1.20 bits per heavy atom. The minimum atomic E-state index is -0.623. The number of aliphatic imine (C=N–C) groups is 1. The summed E-state index contributed by atoms with van der Waals surface area (Å²) < 4.78 is 5.11. The number of nitrogens with zero attached hydrogens (tertiary/aromatic N) is 2. The van der Waals surface area contributed by atoms with Gasteiger partial charge in [-0.25, -0.2) is 14.6 Å². The van der Waals surface area contributed by atoms with Gasteiger partial charge in [0.15, 0.2) is 0 Å². The predicted molar refractivity (Wildman–Crippen MR) is 91.3 cm³/mol. The molecule has 128 valence electrons. The highest BCUT2D eigenvalue weighted by atomic mass is 16.7. The molecule has 0 radical (unpaired) electrons. The molecule has 0 fully saturated rings. The summed E-state index contributed by atoms with van der Waals surface area (Å²) in [6.07, 6.45) is 7.06. The molecule has 25 heavy (non-hydrogen) atoms. The smallest absolute Gasteiger partial charge is 0.356 e. The fourth-order valence-electron chi connectivity index (χ4n) is 3.32. The van der Waals surface area contributed by atoms with Gasteiger partial charge in [-0.2, -0.15) is 5.06 Å². The maximum atomic E-state index is 11.6. The van der Waals surface area contributed by atoms with Crippen molar-refractivity contribution >= 4 is 24.0 Å². The minimum absolute atomic E-state index is 0.0559. The van der Waals surface area contributed by atoms with Gasteiger partial charge in [0.25, 0.3) is 0 Å². The average molecular weight is 338 g/mol. The number of amidine groups is 1. The molecule has 1 aromatic rings. The molecule has 4 rings (SSSR count). The number of esters is 1. The number of rotatable bonds is 2. The summed E-state index contributed by atoms with van der Waals surface area (Å²) in [6, 6.07) is 6.47. The number of aryl methyl sites for hydroxylation is 2. The van der Waals surface area contributed by atoms with E-state index in [-0.39, 0.29) is 12.1 Å². The molecule has 6 nitrogen and oxygen atoms in total. The molecule has 2 aliphatic heterocycles. The van der Waals surface area contributed by atoms with Crippen LogP contribution in [0.5, 0.6) is 0 Å². The number of carbonyl (C=O) groups is 2. The highest BCUT2D eigenvalue weighted by Gasteiger charge is 2.32. The van der Waals surface area contributed by atoms with Crippen LogP contribution in [-0.2, 0) is 25.6 Å². The number of fused-ring (bicyclic) bond motifs is 2. The molecule has 0 spiro atoms. The monoisotopic (exact) mass is 338 g/mol. The van der Waals surface area contributed by atoms with E-state index in [2.05, 4.69) is 36.2 Å². The summed E-state index contributed by atoms with van der Waals surface area (Å²) in [5, 5.41) is 1.26. The number of benzene rings is 1. The second kappa shape index (κ2) is 6.20. The largest absolute Gasteiger partial charge is 0.387 e. The summed E-state index contributed by atoms with van der Waals surface area (Å²) >= 11 is 0. The quantitative estimate of drug-likeness (QED) is 0.774. The van der Waals surface area contributed by atoms with Gasteiger partial charge < -0.3 is 9.57 Å². The van der Waals surface area contributed by atoms with Crippen molar-refractivity contribution in [3.63, 3.8) is 0 Å². The molecule has 0 N–H and O–H groups in total. The lowest BCUT2D eigenvalue weighted by Crippen LogP contribution is -2.35. The number of carbonyl (C=O) groups excluding carboxylic acids is 2. The molecule has 1 unspecified atom stereocenters. The zero-order valence-corrected chi connectivity index (χ0v) is 13.9. The highest BCUT2D eigenvalue weighted by molar-refractivity contribution is 5.99. The van der Waals surface area contributed by atoms with E-state index in [0.717, 1.165) is 31.4 Å².